The van der Waals surface area contributed by atoms with Crippen LogP contribution in [-0.4, -0.2) is 76.8 Å². The molecule has 5 atom stereocenters. The van der Waals surface area contributed by atoms with Gasteiger partial charge in [-0.05, 0) is 49.6 Å². The quantitative estimate of drug-likeness (QED) is 0.606. The van der Waals surface area contributed by atoms with Gasteiger partial charge in [0.25, 0.3) is 0 Å². The maximum Gasteiger partial charge on any atom is 0.246 e. The molecule has 3 amide bonds. The zero-order valence-corrected chi connectivity index (χ0v) is 21.3. The number of halogens is 1. The van der Waals surface area contributed by atoms with Gasteiger partial charge in [-0.1, -0.05) is 20.8 Å². The zero-order chi connectivity index (χ0) is 25.7. The van der Waals surface area contributed by atoms with Gasteiger partial charge >= 0.3 is 0 Å². The second kappa shape index (κ2) is 9.26. The molecule has 1 aromatic carbocycles. The maximum atomic E-state index is 14.0. The molecule has 190 valence electrons. The summed E-state index contributed by atoms with van der Waals surface area (Å²) in [5, 5.41) is 6.78. The number of amides is 3. The molecule has 2 saturated heterocycles. The Labute approximate surface area is 205 Å². The smallest absolute Gasteiger partial charge is 0.246 e. The first kappa shape index (κ1) is 25.2. The number of likely N-dealkylation sites (N-methyl/N-ethyl adjacent to an activating group) is 1. The number of aromatic nitrogens is 1. The third-order valence-electron chi connectivity index (χ3n) is 7.61. The van der Waals surface area contributed by atoms with Crippen molar-refractivity contribution in [3.63, 3.8) is 0 Å². The molecule has 2 fully saturated rings. The van der Waals surface area contributed by atoms with Crippen LogP contribution in [0.25, 0.3) is 10.9 Å². The van der Waals surface area contributed by atoms with Crippen LogP contribution in [0.3, 0.4) is 0 Å². The number of hydrogen-bond acceptors (Lipinski definition) is 4. The molecule has 9 heteroatoms. The molecule has 3 N–H and O–H groups in total. The summed E-state index contributed by atoms with van der Waals surface area (Å²) < 4.78 is 13.8. The number of hydrogen-bond donors (Lipinski definition) is 3. The Morgan fingerprint density at radius 2 is 1.91 bits per heavy atom. The lowest BCUT2D eigenvalue weighted by Gasteiger charge is -2.37. The minimum atomic E-state index is -0.714. The second-order valence-electron chi connectivity index (χ2n) is 10.9. The Morgan fingerprint density at radius 1 is 1.20 bits per heavy atom. The van der Waals surface area contributed by atoms with Crippen LogP contribution in [0, 0.1) is 11.2 Å². The Morgan fingerprint density at radius 3 is 2.54 bits per heavy atom. The highest BCUT2D eigenvalue weighted by atomic mass is 19.1. The fourth-order valence-electron chi connectivity index (χ4n) is 5.62. The molecule has 2 aliphatic rings. The van der Waals surface area contributed by atoms with E-state index in [0.717, 1.165) is 10.9 Å². The van der Waals surface area contributed by atoms with Gasteiger partial charge in [0, 0.05) is 43.0 Å². The number of aromatic amines is 1. The van der Waals surface area contributed by atoms with Crippen molar-refractivity contribution in [3.8, 4) is 0 Å². The van der Waals surface area contributed by atoms with Crippen LogP contribution < -0.4 is 10.6 Å². The molecule has 8 nitrogen and oxygen atoms in total. The molecule has 2 aromatic rings. The van der Waals surface area contributed by atoms with Crippen molar-refractivity contribution in [2.45, 2.75) is 71.1 Å². The van der Waals surface area contributed by atoms with Crippen molar-refractivity contribution in [1.29, 1.82) is 0 Å². The van der Waals surface area contributed by atoms with Crippen molar-refractivity contribution in [1.82, 2.24) is 25.4 Å². The zero-order valence-electron chi connectivity index (χ0n) is 21.3. The standard InChI is InChI=1S/C26H36FN5O3/c1-14(28-6)24(34)30-23(26(3,4)5)25(35)31-10-9-21-22(31)19(13-32(21)15(2)33)18-12-29-20-11-16(27)7-8-17(18)20/h7-8,11-12,14,19,21-23,28-29H,9-10,13H2,1-6H3,(H,30,34)/t14-,19+,21+,22+,23+/m0/s1. The highest BCUT2D eigenvalue weighted by Gasteiger charge is 2.53. The number of carbonyl (C=O) groups is 3. The Balaban J connectivity index is 1.70. The average molecular weight is 486 g/mol. The van der Waals surface area contributed by atoms with Gasteiger partial charge in [0.1, 0.15) is 11.9 Å². The summed E-state index contributed by atoms with van der Waals surface area (Å²) in [7, 11) is 1.70. The molecule has 0 aliphatic carbocycles. The molecule has 3 heterocycles. The van der Waals surface area contributed by atoms with E-state index in [-0.39, 0.29) is 41.5 Å². The first-order valence-corrected chi connectivity index (χ1v) is 12.3. The topological polar surface area (TPSA) is 97.5 Å². The fraction of sp³-hybridized carbons (Fsp3) is 0.577. The number of rotatable bonds is 5. The highest BCUT2D eigenvalue weighted by molar-refractivity contribution is 5.91. The Kier molecular flexibility index (Phi) is 6.66. The van der Waals surface area contributed by atoms with Crippen molar-refractivity contribution < 1.29 is 18.8 Å². The van der Waals surface area contributed by atoms with Crippen LogP contribution in [0.2, 0.25) is 0 Å². The van der Waals surface area contributed by atoms with Crippen molar-refractivity contribution in [3.05, 3.63) is 35.8 Å². The summed E-state index contributed by atoms with van der Waals surface area (Å²) in [4.78, 5) is 46.1. The molecule has 2 aliphatic heterocycles. The van der Waals surface area contributed by atoms with Crippen LogP contribution in [-0.2, 0) is 14.4 Å². The van der Waals surface area contributed by atoms with Crippen molar-refractivity contribution >= 4 is 28.6 Å². The van der Waals surface area contributed by atoms with Gasteiger partial charge in [0.05, 0.1) is 18.1 Å². The number of carbonyl (C=O) groups excluding carboxylic acids is 3. The van der Waals surface area contributed by atoms with Crippen LogP contribution in [0.5, 0.6) is 0 Å². The molecule has 35 heavy (non-hydrogen) atoms. The van der Waals surface area contributed by atoms with Crippen LogP contribution >= 0.6 is 0 Å². The first-order chi connectivity index (χ1) is 16.4. The van der Waals surface area contributed by atoms with Gasteiger partial charge < -0.3 is 25.4 Å². The molecule has 1 aromatic heterocycles. The minimum absolute atomic E-state index is 0.0220. The predicted molar refractivity (Wildman–Crippen MR) is 132 cm³/mol. The van der Waals surface area contributed by atoms with Gasteiger partial charge in [0.15, 0.2) is 0 Å². The molecule has 4 rings (SSSR count). The van der Waals surface area contributed by atoms with E-state index in [2.05, 4.69) is 15.6 Å². The predicted octanol–water partition coefficient (Wildman–Crippen LogP) is 2.36. The van der Waals surface area contributed by atoms with E-state index in [0.29, 0.717) is 25.0 Å². The lowest BCUT2D eigenvalue weighted by atomic mass is 9.84. The lowest BCUT2D eigenvalue weighted by Crippen LogP contribution is -2.59. The van der Waals surface area contributed by atoms with E-state index >= 15 is 0 Å². The van der Waals surface area contributed by atoms with Gasteiger partial charge in [-0.3, -0.25) is 14.4 Å². The first-order valence-electron chi connectivity index (χ1n) is 12.3. The summed E-state index contributed by atoms with van der Waals surface area (Å²) in [5.74, 6) is -0.836. The summed E-state index contributed by atoms with van der Waals surface area (Å²) in [6.45, 7) is 10.1. The minimum Gasteiger partial charge on any atom is -0.361 e. The van der Waals surface area contributed by atoms with Gasteiger partial charge in [-0.25, -0.2) is 4.39 Å². The number of nitrogens with one attached hydrogen (secondary N) is 3. The molecule has 0 spiro atoms. The van der Waals surface area contributed by atoms with Gasteiger partial charge in [-0.2, -0.15) is 0 Å². The van der Waals surface area contributed by atoms with Crippen LogP contribution in [0.4, 0.5) is 4.39 Å². The van der Waals surface area contributed by atoms with Gasteiger partial charge in [-0.15, -0.1) is 0 Å². The molecule has 0 radical (unpaired) electrons. The number of nitrogens with zero attached hydrogens (tertiary/aromatic N) is 2. The normalized spacial score (nSPS) is 23.9. The third kappa shape index (κ3) is 4.53. The van der Waals surface area contributed by atoms with Gasteiger partial charge in [0.2, 0.25) is 17.7 Å². The molecule has 0 saturated carbocycles. The van der Waals surface area contributed by atoms with Crippen molar-refractivity contribution in [2.24, 2.45) is 5.41 Å². The monoisotopic (exact) mass is 485 g/mol. The van der Waals surface area contributed by atoms with E-state index in [1.807, 2.05) is 36.8 Å². The fourth-order valence-corrected chi connectivity index (χ4v) is 5.62. The van der Waals surface area contributed by atoms with E-state index in [4.69, 9.17) is 0 Å². The summed E-state index contributed by atoms with van der Waals surface area (Å²) in [5.41, 5.74) is 1.15. The van der Waals surface area contributed by atoms with Crippen LogP contribution in [0.15, 0.2) is 24.4 Å². The largest absolute Gasteiger partial charge is 0.361 e. The van der Waals surface area contributed by atoms with E-state index < -0.39 is 17.5 Å². The molecular weight excluding hydrogens is 449 g/mol. The third-order valence-corrected chi connectivity index (χ3v) is 7.61. The number of H-pyrrole nitrogens is 1. The number of likely N-dealkylation sites (tertiary alicyclic amines) is 2. The summed E-state index contributed by atoms with van der Waals surface area (Å²) >= 11 is 0. The number of fused-ring (bicyclic) bond motifs is 2. The molecule has 0 unspecified atom stereocenters. The summed E-state index contributed by atoms with van der Waals surface area (Å²) in [6, 6.07) is 3.17. The van der Waals surface area contributed by atoms with Crippen molar-refractivity contribution in [2.75, 3.05) is 20.1 Å². The molecule has 0 bridgehead atoms. The van der Waals surface area contributed by atoms with E-state index in [1.54, 1.807) is 27.0 Å². The number of benzene rings is 1. The maximum absolute atomic E-state index is 14.0. The highest BCUT2D eigenvalue weighted by Crippen LogP contribution is 2.43. The second-order valence-corrected chi connectivity index (χ2v) is 10.9. The Hall–Kier alpha value is -2.94. The summed E-state index contributed by atoms with van der Waals surface area (Å²) in [6.07, 6.45) is 2.55. The average Bonchev–Trinajstić information content (AvgIpc) is 3.48. The molecular formula is C26H36FN5O3. The van der Waals surface area contributed by atoms with E-state index in [1.165, 1.54) is 12.1 Å². The lowest BCUT2D eigenvalue weighted by molar-refractivity contribution is -0.141. The van der Waals surface area contributed by atoms with Crippen LogP contribution in [0.1, 0.15) is 52.5 Å². The Bertz CT molecular complexity index is 1140. The SMILES string of the molecule is CN[C@@H](C)C(=O)N[C@H](C(=O)N1CC[C@@H]2[C@H]1[C@@H](c1c[nH]c3cc(F)ccc13)CN2C(C)=O)C(C)(C)C. The van der Waals surface area contributed by atoms with E-state index in [9.17, 15) is 18.8 Å².